The molecule has 0 aromatic heterocycles. The molecule has 0 aliphatic carbocycles. The SMILES string of the molecule is C=CCC(/C=C/C)N(C)C. The van der Waals surface area contributed by atoms with Gasteiger partial charge in [0.1, 0.15) is 0 Å². The molecule has 0 spiro atoms. The van der Waals surface area contributed by atoms with Crippen LogP contribution in [0.3, 0.4) is 0 Å². The Labute approximate surface area is 64.0 Å². The van der Waals surface area contributed by atoms with E-state index in [1.807, 2.05) is 13.0 Å². The second kappa shape index (κ2) is 5.24. The first-order valence-electron chi connectivity index (χ1n) is 3.62. The van der Waals surface area contributed by atoms with E-state index in [4.69, 9.17) is 0 Å². The van der Waals surface area contributed by atoms with Crippen molar-refractivity contribution in [2.45, 2.75) is 19.4 Å². The molecule has 0 saturated carbocycles. The zero-order valence-electron chi connectivity index (χ0n) is 7.17. The average Bonchev–Trinajstić information content (AvgIpc) is 1.87. The van der Waals surface area contributed by atoms with Crippen LogP contribution in [0, 0.1) is 0 Å². The fourth-order valence-corrected chi connectivity index (χ4v) is 0.854. The Bertz CT molecular complexity index is 114. The lowest BCUT2D eigenvalue weighted by atomic mass is 10.2. The normalized spacial score (nSPS) is 14.4. The van der Waals surface area contributed by atoms with Gasteiger partial charge in [-0.3, -0.25) is 0 Å². The molecule has 0 aromatic rings. The van der Waals surface area contributed by atoms with Crippen molar-refractivity contribution in [1.29, 1.82) is 0 Å². The molecule has 1 atom stereocenters. The number of hydrogen-bond acceptors (Lipinski definition) is 1. The van der Waals surface area contributed by atoms with Gasteiger partial charge in [0, 0.05) is 6.04 Å². The molecule has 0 rings (SSSR count). The number of rotatable bonds is 4. The van der Waals surface area contributed by atoms with Gasteiger partial charge in [-0.1, -0.05) is 18.2 Å². The third kappa shape index (κ3) is 3.46. The molecule has 0 aliphatic rings. The zero-order chi connectivity index (χ0) is 7.98. The van der Waals surface area contributed by atoms with Crippen LogP contribution < -0.4 is 0 Å². The van der Waals surface area contributed by atoms with E-state index in [1.165, 1.54) is 0 Å². The van der Waals surface area contributed by atoms with E-state index in [0.717, 1.165) is 6.42 Å². The molecule has 10 heavy (non-hydrogen) atoms. The van der Waals surface area contributed by atoms with E-state index in [1.54, 1.807) is 0 Å². The predicted octanol–water partition coefficient (Wildman–Crippen LogP) is 2.07. The van der Waals surface area contributed by atoms with Crippen molar-refractivity contribution in [3.63, 3.8) is 0 Å². The minimum Gasteiger partial charge on any atom is -0.303 e. The van der Waals surface area contributed by atoms with Crippen molar-refractivity contribution in [1.82, 2.24) is 4.90 Å². The molecule has 1 heteroatoms. The van der Waals surface area contributed by atoms with Crippen LogP contribution in [-0.4, -0.2) is 25.0 Å². The standard InChI is InChI=1S/C9H17N/c1-5-7-9(8-6-2)10(3)4/h5-6,8-9H,1,7H2,2-4H3/b8-6+. The number of allylic oxidation sites excluding steroid dienone is 1. The molecule has 0 saturated heterocycles. The second-order valence-electron chi connectivity index (χ2n) is 2.58. The summed E-state index contributed by atoms with van der Waals surface area (Å²) in [5, 5.41) is 0. The molecule has 58 valence electrons. The van der Waals surface area contributed by atoms with Crippen molar-refractivity contribution < 1.29 is 0 Å². The minimum atomic E-state index is 0.516. The van der Waals surface area contributed by atoms with Crippen LogP contribution in [0.25, 0.3) is 0 Å². The quantitative estimate of drug-likeness (QED) is 0.539. The number of likely N-dealkylation sites (N-methyl/N-ethyl adjacent to an activating group) is 1. The molecule has 0 N–H and O–H groups in total. The summed E-state index contributed by atoms with van der Waals surface area (Å²) >= 11 is 0. The van der Waals surface area contributed by atoms with Gasteiger partial charge in [0.05, 0.1) is 0 Å². The Morgan fingerprint density at radius 1 is 1.50 bits per heavy atom. The zero-order valence-corrected chi connectivity index (χ0v) is 7.17. The maximum atomic E-state index is 3.70. The van der Waals surface area contributed by atoms with Gasteiger partial charge < -0.3 is 4.90 Å². The molecule has 1 nitrogen and oxygen atoms in total. The Kier molecular flexibility index (Phi) is 4.95. The fraction of sp³-hybridized carbons (Fsp3) is 0.556. The summed E-state index contributed by atoms with van der Waals surface area (Å²) in [6, 6.07) is 0.516. The molecule has 0 aliphatic heterocycles. The van der Waals surface area contributed by atoms with Gasteiger partial charge in [-0.2, -0.15) is 0 Å². The van der Waals surface area contributed by atoms with Gasteiger partial charge in [-0.15, -0.1) is 6.58 Å². The maximum Gasteiger partial charge on any atom is 0.0306 e. The molecular formula is C9H17N. The summed E-state index contributed by atoms with van der Waals surface area (Å²) in [6.07, 6.45) is 7.23. The van der Waals surface area contributed by atoms with Crippen LogP contribution in [0.4, 0.5) is 0 Å². The van der Waals surface area contributed by atoms with Gasteiger partial charge >= 0.3 is 0 Å². The van der Waals surface area contributed by atoms with Crippen LogP contribution >= 0.6 is 0 Å². The van der Waals surface area contributed by atoms with Crippen LogP contribution in [0.5, 0.6) is 0 Å². The smallest absolute Gasteiger partial charge is 0.0306 e. The van der Waals surface area contributed by atoms with E-state index < -0.39 is 0 Å². The summed E-state index contributed by atoms with van der Waals surface area (Å²) in [5.74, 6) is 0. The van der Waals surface area contributed by atoms with Crippen LogP contribution in [0.1, 0.15) is 13.3 Å². The van der Waals surface area contributed by atoms with Gasteiger partial charge in [-0.05, 0) is 27.4 Å². The fourth-order valence-electron chi connectivity index (χ4n) is 0.854. The van der Waals surface area contributed by atoms with Gasteiger partial charge in [0.25, 0.3) is 0 Å². The van der Waals surface area contributed by atoms with E-state index in [0.29, 0.717) is 6.04 Å². The summed E-state index contributed by atoms with van der Waals surface area (Å²) in [5.41, 5.74) is 0. The predicted molar refractivity (Wildman–Crippen MR) is 47.1 cm³/mol. The van der Waals surface area contributed by atoms with Gasteiger partial charge in [0.2, 0.25) is 0 Å². The van der Waals surface area contributed by atoms with Crippen molar-refractivity contribution in [3.05, 3.63) is 24.8 Å². The lowest BCUT2D eigenvalue weighted by Crippen LogP contribution is -2.24. The van der Waals surface area contributed by atoms with Gasteiger partial charge in [-0.25, -0.2) is 0 Å². The highest BCUT2D eigenvalue weighted by atomic mass is 15.1. The molecule has 0 fully saturated rings. The summed E-state index contributed by atoms with van der Waals surface area (Å²) in [4.78, 5) is 2.18. The van der Waals surface area contributed by atoms with Crippen molar-refractivity contribution in [2.75, 3.05) is 14.1 Å². The second-order valence-corrected chi connectivity index (χ2v) is 2.58. The van der Waals surface area contributed by atoms with E-state index in [2.05, 4.69) is 37.7 Å². The topological polar surface area (TPSA) is 3.24 Å². The Hall–Kier alpha value is -0.560. The first-order valence-corrected chi connectivity index (χ1v) is 3.62. The lowest BCUT2D eigenvalue weighted by molar-refractivity contribution is 0.345. The third-order valence-electron chi connectivity index (χ3n) is 1.49. The average molecular weight is 139 g/mol. The Morgan fingerprint density at radius 2 is 2.10 bits per heavy atom. The van der Waals surface area contributed by atoms with E-state index >= 15 is 0 Å². The molecule has 0 aromatic carbocycles. The first-order chi connectivity index (χ1) is 4.72. The maximum absolute atomic E-state index is 3.70. The number of nitrogens with zero attached hydrogens (tertiary/aromatic N) is 1. The molecule has 0 amide bonds. The third-order valence-corrected chi connectivity index (χ3v) is 1.49. The highest BCUT2D eigenvalue weighted by Gasteiger charge is 2.02. The Balaban J connectivity index is 3.84. The van der Waals surface area contributed by atoms with E-state index in [-0.39, 0.29) is 0 Å². The Morgan fingerprint density at radius 3 is 2.40 bits per heavy atom. The van der Waals surface area contributed by atoms with Crippen molar-refractivity contribution in [3.8, 4) is 0 Å². The summed E-state index contributed by atoms with van der Waals surface area (Å²) in [6.45, 7) is 5.75. The van der Waals surface area contributed by atoms with Crippen molar-refractivity contribution in [2.24, 2.45) is 0 Å². The van der Waals surface area contributed by atoms with Crippen molar-refractivity contribution >= 4 is 0 Å². The van der Waals surface area contributed by atoms with Crippen LogP contribution in [-0.2, 0) is 0 Å². The largest absolute Gasteiger partial charge is 0.303 e. The lowest BCUT2D eigenvalue weighted by Gasteiger charge is -2.18. The first kappa shape index (κ1) is 9.44. The molecular weight excluding hydrogens is 122 g/mol. The minimum absolute atomic E-state index is 0.516. The number of hydrogen-bond donors (Lipinski definition) is 0. The molecule has 0 radical (unpaired) electrons. The van der Waals surface area contributed by atoms with E-state index in [9.17, 15) is 0 Å². The highest BCUT2D eigenvalue weighted by Crippen LogP contribution is 2.01. The monoisotopic (exact) mass is 139 g/mol. The van der Waals surface area contributed by atoms with Gasteiger partial charge in [0.15, 0.2) is 0 Å². The molecule has 0 bridgehead atoms. The molecule has 1 unspecified atom stereocenters. The van der Waals surface area contributed by atoms with Crippen LogP contribution in [0.2, 0.25) is 0 Å². The van der Waals surface area contributed by atoms with Crippen LogP contribution in [0.15, 0.2) is 24.8 Å². The molecule has 0 heterocycles. The summed E-state index contributed by atoms with van der Waals surface area (Å²) < 4.78 is 0. The summed E-state index contributed by atoms with van der Waals surface area (Å²) in [7, 11) is 4.16. The highest BCUT2D eigenvalue weighted by molar-refractivity contribution is 4.94.